The summed E-state index contributed by atoms with van der Waals surface area (Å²) in [5.74, 6) is -0.931. The van der Waals surface area contributed by atoms with E-state index in [-0.39, 0.29) is 17.8 Å². The molecule has 1 atom stereocenters. The smallest absolute Gasteiger partial charge is 0.342 e. The Hall–Kier alpha value is -1.16. The second-order valence-electron chi connectivity index (χ2n) is 5.69. The molecule has 0 aromatic rings. The summed E-state index contributed by atoms with van der Waals surface area (Å²) in [7, 11) is 0. The number of rotatable bonds is 3. The highest BCUT2D eigenvalue weighted by Gasteiger charge is 2.45. The van der Waals surface area contributed by atoms with E-state index in [4.69, 9.17) is 4.74 Å². The molecule has 0 spiro atoms. The van der Waals surface area contributed by atoms with Gasteiger partial charge in [-0.1, -0.05) is 13.8 Å². The predicted molar refractivity (Wildman–Crippen MR) is 68.0 cm³/mol. The third-order valence-electron chi connectivity index (χ3n) is 3.14. The molecule has 0 saturated carbocycles. The lowest BCUT2D eigenvalue weighted by Crippen LogP contribution is -2.28. The first-order valence-corrected chi connectivity index (χ1v) is 6.37. The minimum absolute atomic E-state index is 0.0126. The van der Waals surface area contributed by atoms with E-state index >= 15 is 0 Å². The molecular weight excluding hydrogens is 232 g/mol. The lowest BCUT2D eigenvalue weighted by atomic mass is 9.90. The van der Waals surface area contributed by atoms with E-state index in [1.54, 1.807) is 27.7 Å². The minimum atomic E-state index is -1.17. The van der Waals surface area contributed by atoms with Gasteiger partial charge in [0.2, 0.25) is 0 Å². The quantitative estimate of drug-likeness (QED) is 0.619. The van der Waals surface area contributed by atoms with Crippen LogP contribution in [0.2, 0.25) is 0 Å². The summed E-state index contributed by atoms with van der Waals surface area (Å²) < 4.78 is 5.23. The summed E-state index contributed by atoms with van der Waals surface area (Å²) in [5.41, 5.74) is -1.24. The van der Waals surface area contributed by atoms with E-state index in [0.717, 1.165) is 0 Å². The number of esters is 1. The average Bonchev–Trinajstić information content (AvgIpc) is 2.47. The molecule has 1 rings (SSSR count). The van der Waals surface area contributed by atoms with Crippen LogP contribution in [0.25, 0.3) is 0 Å². The average molecular weight is 254 g/mol. The van der Waals surface area contributed by atoms with Crippen molar-refractivity contribution >= 4 is 11.8 Å². The van der Waals surface area contributed by atoms with E-state index in [1.807, 2.05) is 6.92 Å². The van der Waals surface area contributed by atoms with E-state index in [1.165, 1.54) is 0 Å². The van der Waals surface area contributed by atoms with Crippen molar-refractivity contribution in [2.24, 2.45) is 0 Å². The maximum absolute atomic E-state index is 12.0. The Morgan fingerprint density at radius 1 is 1.39 bits per heavy atom. The van der Waals surface area contributed by atoms with Gasteiger partial charge in [-0.2, -0.15) is 0 Å². The lowest BCUT2D eigenvalue weighted by Gasteiger charge is -2.24. The van der Waals surface area contributed by atoms with Crippen molar-refractivity contribution in [1.29, 1.82) is 0 Å². The number of carbonyl (C=O) groups is 2. The van der Waals surface area contributed by atoms with Gasteiger partial charge < -0.3 is 9.84 Å². The molecule has 0 fully saturated rings. The van der Waals surface area contributed by atoms with Crippen molar-refractivity contribution < 1.29 is 19.4 Å². The third kappa shape index (κ3) is 2.80. The van der Waals surface area contributed by atoms with Crippen LogP contribution in [0.4, 0.5) is 0 Å². The second kappa shape index (κ2) is 4.84. The Kier molecular flexibility index (Phi) is 4.01. The molecule has 0 saturated heterocycles. The summed E-state index contributed by atoms with van der Waals surface area (Å²) in [4.78, 5) is 24.0. The second-order valence-corrected chi connectivity index (χ2v) is 5.69. The van der Waals surface area contributed by atoms with Gasteiger partial charge in [0.1, 0.15) is 11.2 Å². The highest BCUT2D eigenvalue weighted by Crippen LogP contribution is 2.38. The highest BCUT2D eigenvalue weighted by atomic mass is 16.6. The van der Waals surface area contributed by atoms with Gasteiger partial charge in [0.25, 0.3) is 0 Å². The molecule has 0 amide bonds. The van der Waals surface area contributed by atoms with Crippen LogP contribution in [-0.4, -0.2) is 28.1 Å². The number of ether oxygens (including phenoxy) is 1. The fraction of sp³-hybridized carbons (Fsp3) is 0.714. The molecule has 1 aliphatic rings. The Labute approximate surface area is 108 Å². The van der Waals surface area contributed by atoms with Crippen LogP contribution in [0.15, 0.2) is 11.1 Å². The van der Waals surface area contributed by atoms with Gasteiger partial charge in [0.05, 0.1) is 5.60 Å². The number of Topliss-reactive ketones (excluding diaryl/α,β-unsaturated/α-hetero) is 1. The molecule has 1 aliphatic carbocycles. The largest absolute Gasteiger partial charge is 0.456 e. The molecule has 102 valence electrons. The first-order valence-electron chi connectivity index (χ1n) is 6.37. The molecule has 4 heteroatoms. The minimum Gasteiger partial charge on any atom is -0.456 e. The number of aliphatic hydroxyl groups is 1. The van der Waals surface area contributed by atoms with Gasteiger partial charge in [0.15, 0.2) is 5.78 Å². The van der Waals surface area contributed by atoms with Crippen LogP contribution >= 0.6 is 0 Å². The number of carbonyl (C=O) groups excluding carboxylic acids is 2. The molecular formula is C14H22O4. The maximum Gasteiger partial charge on any atom is 0.342 e. The molecule has 0 aromatic carbocycles. The Morgan fingerprint density at radius 2 is 1.94 bits per heavy atom. The molecule has 1 unspecified atom stereocenters. The van der Waals surface area contributed by atoms with Gasteiger partial charge in [-0.3, -0.25) is 4.79 Å². The van der Waals surface area contributed by atoms with Crippen LogP contribution in [-0.2, 0) is 14.3 Å². The first kappa shape index (κ1) is 14.9. The number of ketones is 1. The Balaban J connectivity index is 3.14. The van der Waals surface area contributed by atoms with E-state index in [0.29, 0.717) is 18.4 Å². The monoisotopic (exact) mass is 254 g/mol. The van der Waals surface area contributed by atoms with Crippen LogP contribution in [0, 0.1) is 0 Å². The summed E-state index contributed by atoms with van der Waals surface area (Å²) in [6.45, 7) is 8.90. The van der Waals surface area contributed by atoms with Crippen molar-refractivity contribution in [2.75, 3.05) is 0 Å². The normalized spacial score (nSPS) is 24.7. The standard InChI is InChI=1S/C14H22O4/c1-6-9-11(12(16)18-13(3,4)5)10(15)8-14(9,17)7-2/h17H,6-8H2,1-5H3. The van der Waals surface area contributed by atoms with Crippen LogP contribution in [0.5, 0.6) is 0 Å². The number of hydrogen-bond acceptors (Lipinski definition) is 4. The topological polar surface area (TPSA) is 63.6 Å². The first-order chi connectivity index (χ1) is 8.14. The highest BCUT2D eigenvalue weighted by molar-refractivity contribution is 6.20. The van der Waals surface area contributed by atoms with Crippen molar-refractivity contribution in [3.05, 3.63) is 11.1 Å². The van der Waals surface area contributed by atoms with Gasteiger partial charge in [-0.25, -0.2) is 4.79 Å². The number of hydrogen-bond donors (Lipinski definition) is 1. The SMILES string of the molecule is CCC1=C(C(=O)OC(C)(C)C)C(=O)CC1(O)CC. The Bertz CT molecular complexity index is 401. The fourth-order valence-electron chi connectivity index (χ4n) is 2.27. The van der Waals surface area contributed by atoms with Crippen molar-refractivity contribution in [2.45, 2.75) is 65.1 Å². The van der Waals surface area contributed by atoms with Crippen molar-refractivity contribution in [3.63, 3.8) is 0 Å². The summed E-state index contributed by atoms with van der Waals surface area (Å²) >= 11 is 0. The summed E-state index contributed by atoms with van der Waals surface area (Å²) in [6, 6.07) is 0. The summed E-state index contributed by atoms with van der Waals surface area (Å²) in [6.07, 6.45) is 0.889. The molecule has 0 aromatic heterocycles. The van der Waals surface area contributed by atoms with Crippen molar-refractivity contribution in [1.82, 2.24) is 0 Å². The van der Waals surface area contributed by atoms with Gasteiger partial charge in [0, 0.05) is 6.42 Å². The zero-order valence-electron chi connectivity index (χ0n) is 11.8. The van der Waals surface area contributed by atoms with Crippen LogP contribution in [0.3, 0.4) is 0 Å². The molecule has 1 N–H and O–H groups in total. The maximum atomic E-state index is 12.0. The van der Waals surface area contributed by atoms with Gasteiger partial charge in [-0.15, -0.1) is 0 Å². The van der Waals surface area contributed by atoms with Crippen LogP contribution in [0.1, 0.15) is 53.9 Å². The van der Waals surface area contributed by atoms with E-state index in [9.17, 15) is 14.7 Å². The predicted octanol–water partition coefficient (Wildman–Crippen LogP) is 2.15. The van der Waals surface area contributed by atoms with E-state index in [2.05, 4.69) is 0 Å². The molecule has 18 heavy (non-hydrogen) atoms. The fourth-order valence-corrected chi connectivity index (χ4v) is 2.27. The van der Waals surface area contributed by atoms with E-state index < -0.39 is 17.2 Å². The summed E-state index contributed by atoms with van der Waals surface area (Å²) in [5, 5.41) is 10.4. The molecule has 0 aliphatic heterocycles. The van der Waals surface area contributed by atoms with Gasteiger partial charge >= 0.3 is 5.97 Å². The third-order valence-corrected chi connectivity index (χ3v) is 3.14. The lowest BCUT2D eigenvalue weighted by molar-refractivity contribution is -0.150. The van der Waals surface area contributed by atoms with Crippen molar-refractivity contribution in [3.8, 4) is 0 Å². The molecule has 0 bridgehead atoms. The molecule has 4 nitrogen and oxygen atoms in total. The van der Waals surface area contributed by atoms with Gasteiger partial charge in [-0.05, 0) is 39.2 Å². The zero-order valence-corrected chi connectivity index (χ0v) is 11.8. The zero-order chi connectivity index (χ0) is 14.1. The molecule has 0 radical (unpaired) electrons. The molecule has 0 heterocycles. The Morgan fingerprint density at radius 3 is 2.33 bits per heavy atom. The van der Waals surface area contributed by atoms with Crippen LogP contribution < -0.4 is 0 Å².